The molecule has 0 saturated carbocycles. The number of aryl methyl sites for hydroxylation is 1. The Morgan fingerprint density at radius 1 is 1.33 bits per heavy atom. The molecule has 1 aliphatic rings. The summed E-state index contributed by atoms with van der Waals surface area (Å²) in [7, 11) is 1.63. The fourth-order valence-electron chi connectivity index (χ4n) is 3.37. The second-order valence-electron chi connectivity index (χ2n) is 6.36. The predicted molar refractivity (Wildman–Crippen MR) is 93.3 cm³/mol. The Morgan fingerprint density at radius 3 is 3.04 bits per heavy atom. The van der Waals surface area contributed by atoms with Crippen LogP contribution >= 0.6 is 0 Å². The Morgan fingerprint density at radius 2 is 2.25 bits per heavy atom. The summed E-state index contributed by atoms with van der Waals surface area (Å²) in [5.74, 6) is 1.08. The van der Waals surface area contributed by atoms with Crippen LogP contribution in [0.25, 0.3) is 0 Å². The highest BCUT2D eigenvalue weighted by atomic mass is 16.5. The largest absolute Gasteiger partial charge is 0.497 e. The smallest absolute Gasteiger partial charge is 0.167 e. The molecule has 1 fully saturated rings. The molecule has 0 aliphatic carbocycles. The minimum atomic E-state index is 0.0931. The van der Waals surface area contributed by atoms with E-state index >= 15 is 0 Å². The first-order chi connectivity index (χ1) is 11.8. The molecule has 0 radical (unpaired) electrons. The third-order valence-electron chi connectivity index (χ3n) is 4.65. The molecule has 2 heterocycles. The number of carbonyl (C=O) groups is 1. The number of nitrogens with zero attached hydrogens (tertiary/aromatic N) is 3. The van der Waals surface area contributed by atoms with Gasteiger partial charge >= 0.3 is 0 Å². The van der Waals surface area contributed by atoms with Gasteiger partial charge < -0.3 is 9.64 Å². The highest BCUT2D eigenvalue weighted by molar-refractivity contribution is 5.98. The van der Waals surface area contributed by atoms with Gasteiger partial charge in [-0.15, -0.1) is 0 Å². The normalized spacial score (nSPS) is 18.5. The molecule has 0 bridgehead atoms. The van der Waals surface area contributed by atoms with Gasteiger partial charge in [0.2, 0.25) is 0 Å². The van der Waals surface area contributed by atoms with E-state index < -0.39 is 0 Å². The molecule has 0 N–H and O–H groups in total. The lowest BCUT2D eigenvalue weighted by molar-refractivity contribution is 0.0816. The van der Waals surface area contributed by atoms with E-state index in [1.54, 1.807) is 7.11 Å². The predicted octanol–water partition coefficient (Wildman–Crippen LogP) is 2.88. The standard InChI is InChI=1S/C19H25N3O2/c1-24-18-8-2-6-16(14-18)19(23)17-7-3-10-21(15-17)11-5-13-22-12-4-9-20-22/h2,4,6,8-9,12,14,17H,3,5,7,10-11,13,15H2,1H3/t17-/m1/s1. The van der Waals surface area contributed by atoms with Crippen LogP contribution in [0.3, 0.4) is 0 Å². The van der Waals surface area contributed by atoms with Crippen molar-refractivity contribution in [3.8, 4) is 5.75 Å². The van der Waals surface area contributed by atoms with E-state index in [1.807, 2.05) is 47.4 Å². The average Bonchev–Trinajstić information content (AvgIpc) is 3.15. The summed E-state index contributed by atoms with van der Waals surface area (Å²) < 4.78 is 7.19. The third-order valence-corrected chi connectivity index (χ3v) is 4.65. The molecule has 3 rings (SSSR count). The van der Waals surface area contributed by atoms with Crippen molar-refractivity contribution < 1.29 is 9.53 Å². The van der Waals surface area contributed by atoms with E-state index in [-0.39, 0.29) is 11.7 Å². The Kier molecular flexibility index (Phi) is 5.64. The van der Waals surface area contributed by atoms with Gasteiger partial charge in [0.05, 0.1) is 7.11 Å². The van der Waals surface area contributed by atoms with E-state index in [1.165, 1.54) is 0 Å². The van der Waals surface area contributed by atoms with Crippen molar-refractivity contribution >= 4 is 5.78 Å². The van der Waals surface area contributed by atoms with Gasteiger partial charge in [0.15, 0.2) is 5.78 Å². The molecule has 2 aromatic rings. The number of methoxy groups -OCH3 is 1. The van der Waals surface area contributed by atoms with Crippen molar-refractivity contribution in [1.82, 2.24) is 14.7 Å². The zero-order chi connectivity index (χ0) is 16.8. The molecule has 1 aromatic carbocycles. The number of piperidine rings is 1. The van der Waals surface area contributed by atoms with Gasteiger partial charge in [-0.25, -0.2) is 0 Å². The number of Topliss-reactive ketones (excluding diaryl/α,β-unsaturated/α-hetero) is 1. The van der Waals surface area contributed by atoms with Crippen molar-refractivity contribution in [2.24, 2.45) is 5.92 Å². The second-order valence-corrected chi connectivity index (χ2v) is 6.36. The monoisotopic (exact) mass is 327 g/mol. The Hall–Kier alpha value is -2.14. The Labute approximate surface area is 143 Å². The molecule has 0 amide bonds. The number of carbonyl (C=O) groups excluding carboxylic acids is 1. The average molecular weight is 327 g/mol. The molecular formula is C19H25N3O2. The van der Waals surface area contributed by atoms with Gasteiger partial charge in [0.25, 0.3) is 0 Å². The minimum Gasteiger partial charge on any atom is -0.497 e. The van der Waals surface area contributed by atoms with Crippen molar-refractivity contribution in [1.29, 1.82) is 0 Å². The van der Waals surface area contributed by atoms with E-state index in [4.69, 9.17) is 4.74 Å². The van der Waals surface area contributed by atoms with Crippen molar-refractivity contribution in [2.45, 2.75) is 25.8 Å². The maximum atomic E-state index is 12.8. The number of ketones is 1. The number of rotatable bonds is 7. The summed E-state index contributed by atoms with van der Waals surface area (Å²) in [5.41, 5.74) is 0.762. The number of hydrogen-bond acceptors (Lipinski definition) is 4. The summed E-state index contributed by atoms with van der Waals surface area (Å²) in [6.07, 6.45) is 6.92. The number of hydrogen-bond donors (Lipinski definition) is 0. The molecule has 0 unspecified atom stereocenters. The fourth-order valence-corrected chi connectivity index (χ4v) is 3.37. The third kappa shape index (κ3) is 4.23. The van der Waals surface area contributed by atoms with Gasteiger partial charge in [0.1, 0.15) is 5.75 Å². The Balaban J connectivity index is 1.53. The van der Waals surface area contributed by atoms with E-state index in [2.05, 4.69) is 10.00 Å². The summed E-state index contributed by atoms with van der Waals surface area (Å²) in [6.45, 7) is 3.88. The maximum absolute atomic E-state index is 12.8. The van der Waals surface area contributed by atoms with Crippen LogP contribution < -0.4 is 4.74 Å². The van der Waals surface area contributed by atoms with Crippen LogP contribution in [0.1, 0.15) is 29.6 Å². The fraction of sp³-hybridized carbons (Fsp3) is 0.474. The lowest BCUT2D eigenvalue weighted by Crippen LogP contribution is -2.39. The summed E-state index contributed by atoms with van der Waals surface area (Å²) >= 11 is 0. The van der Waals surface area contributed by atoms with Gasteiger partial charge in [-0.3, -0.25) is 9.48 Å². The van der Waals surface area contributed by atoms with Crippen LogP contribution in [0.15, 0.2) is 42.7 Å². The first-order valence-electron chi connectivity index (χ1n) is 8.64. The van der Waals surface area contributed by atoms with E-state index in [0.717, 1.165) is 56.8 Å². The molecule has 5 heteroatoms. The Bertz CT molecular complexity index is 654. The van der Waals surface area contributed by atoms with Gasteiger partial charge in [0, 0.05) is 37.0 Å². The van der Waals surface area contributed by atoms with Crippen LogP contribution in [-0.2, 0) is 6.54 Å². The SMILES string of the molecule is COc1cccc(C(=O)[C@@H]2CCCN(CCCn3cccn3)C2)c1. The molecule has 0 spiro atoms. The summed E-state index contributed by atoms with van der Waals surface area (Å²) in [6, 6.07) is 9.44. The van der Waals surface area contributed by atoms with Gasteiger partial charge in [-0.05, 0) is 50.6 Å². The van der Waals surface area contributed by atoms with Crippen LogP contribution in [0.5, 0.6) is 5.75 Å². The molecule has 1 aliphatic heterocycles. The van der Waals surface area contributed by atoms with Crippen LogP contribution in [0, 0.1) is 5.92 Å². The van der Waals surface area contributed by atoms with Crippen LogP contribution in [0.2, 0.25) is 0 Å². The molecule has 24 heavy (non-hydrogen) atoms. The first-order valence-corrected chi connectivity index (χ1v) is 8.64. The number of likely N-dealkylation sites (tertiary alicyclic amines) is 1. The number of aromatic nitrogens is 2. The lowest BCUT2D eigenvalue weighted by atomic mass is 9.90. The van der Waals surface area contributed by atoms with E-state index in [9.17, 15) is 4.79 Å². The zero-order valence-corrected chi connectivity index (χ0v) is 14.2. The number of benzene rings is 1. The lowest BCUT2D eigenvalue weighted by Gasteiger charge is -2.32. The topological polar surface area (TPSA) is 47.4 Å². The highest BCUT2D eigenvalue weighted by Gasteiger charge is 2.26. The minimum absolute atomic E-state index is 0.0931. The quantitative estimate of drug-likeness (QED) is 0.734. The van der Waals surface area contributed by atoms with Gasteiger partial charge in [-0.1, -0.05) is 12.1 Å². The van der Waals surface area contributed by atoms with Crippen molar-refractivity contribution in [3.05, 3.63) is 48.3 Å². The van der Waals surface area contributed by atoms with Crippen molar-refractivity contribution in [3.63, 3.8) is 0 Å². The summed E-state index contributed by atoms with van der Waals surface area (Å²) in [4.78, 5) is 15.2. The molecule has 5 nitrogen and oxygen atoms in total. The molecule has 128 valence electrons. The molecule has 1 aromatic heterocycles. The second kappa shape index (κ2) is 8.11. The number of ether oxygens (including phenoxy) is 1. The first kappa shape index (κ1) is 16.7. The van der Waals surface area contributed by atoms with Crippen LogP contribution in [-0.4, -0.2) is 47.2 Å². The maximum Gasteiger partial charge on any atom is 0.167 e. The van der Waals surface area contributed by atoms with Gasteiger partial charge in [-0.2, -0.15) is 5.10 Å². The zero-order valence-electron chi connectivity index (χ0n) is 14.2. The van der Waals surface area contributed by atoms with Crippen molar-refractivity contribution in [2.75, 3.05) is 26.7 Å². The van der Waals surface area contributed by atoms with Crippen LogP contribution in [0.4, 0.5) is 0 Å². The molecule has 1 atom stereocenters. The highest BCUT2D eigenvalue weighted by Crippen LogP contribution is 2.23. The summed E-state index contributed by atoms with van der Waals surface area (Å²) in [5, 5.41) is 4.23. The van der Waals surface area contributed by atoms with E-state index in [0.29, 0.717) is 0 Å². The molecule has 1 saturated heterocycles. The molecular weight excluding hydrogens is 302 g/mol.